The molecule has 1 saturated carbocycles. The molecule has 0 spiro atoms. The summed E-state index contributed by atoms with van der Waals surface area (Å²) in [7, 11) is -3.22. The fraction of sp³-hybridized carbons (Fsp3) is 0.429. The molecule has 35 heavy (non-hydrogen) atoms. The highest BCUT2D eigenvalue weighted by Crippen LogP contribution is 2.20. The molecule has 0 bridgehead atoms. The van der Waals surface area contributed by atoms with Gasteiger partial charge in [-0.25, -0.2) is 8.42 Å². The number of sulfone groups is 1. The minimum atomic E-state index is -3.22. The zero-order valence-electron chi connectivity index (χ0n) is 20.7. The second kappa shape index (κ2) is 12.7. The van der Waals surface area contributed by atoms with Gasteiger partial charge in [-0.05, 0) is 72.8 Å². The third kappa shape index (κ3) is 8.34. The number of hydrogen-bond acceptors (Lipinski definition) is 5. The molecule has 7 heteroatoms. The van der Waals surface area contributed by atoms with Crippen LogP contribution in [0.1, 0.15) is 61.3 Å². The van der Waals surface area contributed by atoms with Crippen molar-refractivity contribution in [1.82, 2.24) is 10.2 Å². The van der Waals surface area contributed by atoms with E-state index in [4.69, 9.17) is 5.26 Å². The number of likely N-dealkylation sites (N-methyl/N-ethyl adjacent to an activating group) is 1. The minimum absolute atomic E-state index is 0.119. The van der Waals surface area contributed by atoms with Gasteiger partial charge < -0.3 is 5.32 Å². The molecule has 0 aromatic heterocycles. The van der Waals surface area contributed by atoms with Crippen molar-refractivity contribution in [2.45, 2.75) is 62.9 Å². The van der Waals surface area contributed by atoms with Crippen LogP contribution in [0.15, 0.2) is 53.4 Å². The van der Waals surface area contributed by atoms with Crippen molar-refractivity contribution >= 4 is 21.8 Å². The van der Waals surface area contributed by atoms with E-state index in [1.807, 2.05) is 12.1 Å². The van der Waals surface area contributed by atoms with E-state index in [0.717, 1.165) is 44.5 Å². The molecule has 0 atom stereocenters. The Morgan fingerprint density at radius 3 is 2.60 bits per heavy atom. The number of rotatable bonds is 5. The van der Waals surface area contributed by atoms with Gasteiger partial charge in [0, 0.05) is 31.5 Å². The second-order valence-corrected chi connectivity index (χ2v) is 11.3. The van der Waals surface area contributed by atoms with E-state index in [1.54, 1.807) is 30.3 Å². The van der Waals surface area contributed by atoms with Gasteiger partial charge in [-0.15, -0.1) is 0 Å². The summed E-state index contributed by atoms with van der Waals surface area (Å²) in [6.07, 6.45) is 11.1. The molecular weight excluding hydrogens is 458 g/mol. The Bertz CT molecular complexity index is 1190. The second-order valence-electron chi connectivity index (χ2n) is 9.24. The van der Waals surface area contributed by atoms with Gasteiger partial charge in [0.15, 0.2) is 9.84 Å². The first-order valence-electron chi connectivity index (χ1n) is 12.3. The average Bonchev–Trinajstić information content (AvgIpc) is 2.87. The van der Waals surface area contributed by atoms with Gasteiger partial charge in [0.2, 0.25) is 5.91 Å². The van der Waals surface area contributed by atoms with Crippen molar-refractivity contribution < 1.29 is 13.2 Å². The van der Waals surface area contributed by atoms with Crippen LogP contribution < -0.4 is 5.32 Å². The summed E-state index contributed by atoms with van der Waals surface area (Å²) in [6.45, 7) is 5.46. The number of benzene rings is 2. The van der Waals surface area contributed by atoms with Crippen molar-refractivity contribution in [1.29, 1.82) is 5.26 Å². The lowest BCUT2D eigenvalue weighted by Crippen LogP contribution is -2.34. The van der Waals surface area contributed by atoms with Crippen LogP contribution in [0, 0.1) is 11.3 Å². The highest BCUT2D eigenvalue weighted by Gasteiger charge is 2.15. The highest BCUT2D eigenvalue weighted by atomic mass is 32.2. The zero-order chi connectivity index (χ0) is 25.3. The lowest BCUT2D eigenvalue weighted by molar-refractivity contribution is -0.117. The Morgan fingerprint density at radius 1 is 1.14 bits per heavy atom. The van der Waals surface area contributed by atoms with E-state index in [9.17, 15) is 13.2 Å². The lowest BCUT2D eigenvalue weighted by Gasteiger charge is -2.27. The predicted octanol–water partition coefficient (Wildman–Crippen LogP) is 4.49. The Kier molecular flexibility index (Phi) is 9.64. The minimum Gasteiger partial charge on any atom is -0.350 e. The monoisotopic (exact) mass is 493 g/mol. The molecule has 186 valence electrons. The van der Waals surface area contributed by atoms with Gasteiger partial charge >= 0.3 is 0 Å². The number of fused-ring (bicyclic) bond motifs is 1. The van der Waals surface area contributed by atoms with Gasteiger partial charge in [0.25, 0.3) is 0 Å². The van der Waals surface area contributed by atoms with E-state index >= 15 is 0 Å². The van der Waals surface area contributed by atoms with Crippen LogP contribution in [-0.4, -0.2) is 44.6 Å². The normalized spacial score (nSPS) is 16.6. The average molecular weight is 494 g/mol. The Balaban J connectivity index is 0.000000211. The molecule has 0 unspecified atom stereocenters. The summed E-state index contributed by atoms with van der Waals surface area (Å²) in [5.74, 6) is -0.119. The summed E-state index contributed by atoms with van der Waals surface area (Å²) < 4.78 is 23.0. The molecule has 0 radical (unpaired) electrons. The molecule has 2 aliphatic rings. The van der Waals surface area contributed by atoms with E-state index in [2.05, 4.69) is 29.3 Å². The Hall–Kier alpha value is -2.95. The molecule has 0 saturated heterocycles. The van der Waals surface area contributed by atoms with Crippen molar-refractivity contribution in [3.8, 4) is 6.07 Å². The first-order valence-corrected chi connectivity index (χ1v) is 14.2. The third-order valence-corrected chi connectivity index (χ3v) is 7.65. The molecule has 1 aliphatic carbocycles. The molecule has 2 aromatic rings. The summed E-state index contributed by atoms with van der Waals surface area (Å²) in [5.41, 5.74) is 4.23. The lowest BCUT2D eigenvalue weighted by atomic mass is 9.95. The van der Waals surface area contributed by atoms with Gasteiger partial charge in [-0.2, -0.15) is 5.26 Å². The van der Waals surface area contributed by atoms with E-state index in [1.165, 1.54) is 42.7 Å². The first-order chi connectivity index (χ1) is 16.8. The van der Waals surface area contributed by atoms with E-state index in [-0.39, 0.29) is 16.8 Å². The van der Waals surface area contributed by atoms with E-state index < -0.39 is 9.84 Å². The van der Waals surface area contributed by atoms with Crippen molar-refractivity contribution in [2.75, 3.05) is 19.3 Å². The van der Waals surface area contributed by atoms with E-state index in [0.29, 0.717) is 5.56 Å². The fourth-order valence-corrected chi connectivity index (χ4v) is 5.14. The molecule has 1 amide bonds. The standard InChI is InChI=1S/C16H21NO3S.C12H14N2/c1-21(19,20)15-9-5-6-13(12-15)10-11-16(18)17-14-7-3-2-4-8-14;1-2-14-6-5-11-7-10(8-13)3-4-12(11)9-14/h5-6,9-12,14H,2-4,7-8H2,1H3,(H,17,18);3-4,7H,2,5-6,9H2,1H3/b11-10+;. The van der Waals surface area contributed by atoms with Crippen LogP contribution in [0.2, 0.25) is 0 Å². The molecule has 6 nitrogen and oxygen atoms in total. The topological polar surface area (TPSA) is 90.3 Å². The summed E-state index contributed by atoms with van der Waals surface area (Å²) in [4.78, 5) is 14.5. The molecule has 2 aromatic carbocycles. The highest BCUT2D eigenvalue weighted by molar-refractivity contribution is 7.90. The van der Waals surface area contributed by atoms with Crippen LogP contribution in [0.4, 0.5) is 0 Å². The Labute approximate surface area is 209 Å². The third-order valence-electron chi connectivity index (χ3n) is 6.54. The molecule has 1 heterocycles. The maximum absolute atomic E-state index is 11.9. The SMILES string of the molecule is CCN1CCc2cc(C#N)ccc2C1.CS(=O)(=O)c1cccc(/C=C/C(=O)NC2CCCCC2)c1. The number of hydrogen-bond donors (Lipinski definition) is 1. The molecule has 4 rings (SSSR count). The number of carbonyl (C=O) groups is 1. The van der Waals surface area contributed by atoms with Gasteiger partial charge in [0.1, 0.15) is 0 Å². The maximum atomic E-state index is 11.9. The van der Waals surface area contributed by atoms with Gasteiger partial charge in [-0.3, -0.25) is 9.69 Å². The smallest absolute Gasteiger partial charge is 0.244 e. The predicted molar refractivity (Wildman–Crippen MR) is 139 cm³/mol. The van der Waals surface area contributed by atoms with Crippen molar-refractivity contribution in [2.24, 2.45) is 0 Å². The molecule has 1 aliphatic heterocycles. The number of nitrogens with one attached hydrogen (secondary N) is 1. The number of nitrogens with zero attached hydrogens (tertiary/aromatic N) is 2. The number of carbonyl (C=O) groups excluding carboxylic acids is 1. The van der Waals surface area contributed by atoms with Crippen LogP contribution in [0.25, 0.3) is 6.08 Å². The maximum Gasteiger partial charge on any atom is 0.244 e. The largest absolute Gasteiger partial charge is 0.350 e. The molecule has 1 N–H and O–H groups in total. The zero-order valence-corrected chi connectivity index (χ0v) is 21.5. The first kappa shape index (κ1) is 26.7. The summed E-state index contributed by atoms with van der Waals surface area (Å²) >= 11 is 0. The molecular formula is C28H35N3O3S. The van der Waals surface area contributed by atoms with Crippen molar-refractivity contribution in [3.63, 3.8) is 0 Å². The number of amides is 1. The van der Waals surface area contributed by atoms with Gasteiger partial charge in [-0.1, -0.05) is 44.4 Å². The van der Waals surface area contributed by atoms with Gasteiger partial charge in [0.05, 0.1) is 16.5 Å². The van der Waals surface area contributed by atoms with Crippen LogP contribution in [0.5, 0.6) is 0 Å². The Morgan fingerprint density at radius 2 is 1.91 bits per heavy atom. The summed E-state index contributed by atoms with van der Waals surface area (Å²) in [5, 5.41) is 11.8. The van der Waals surface area contributed by atoms with Crippen LogP contribution in [-0.2, 0) is 27.6 Å². The summed E-state index contributed by atoms with van der Waals surface area (Å²) in [6, 6.07) is 15.1. The fourth-order valence-electron chi connectivity index (χ4n) is 4.47. The van der Waals surface area contributed by atoms with Crippen LogP contribution >= 0.6 is 0 Å². The number of nitriles is 1. The molecule has 1 fully saturated rings. The van der Waals surface area contributed by atoms with Crippen molar-refractivity contribution in [3.05, 3.63) is 70.8 Å². The quantitative estimate of drug-likeness (QED) is 0.620. The van der Waals surface area contributed by atoms with Crippen LogP contribution in [0.3, 0.4) is 0 Å².